The summed E-state index contributed by atoms with van der Waals surface area (Å²) in [6.07, 6.45) is 1.04. The first-order valence-electron chi connectivity index (χ1n) is 8.54. The maximum Gasteiger partial charge on any atom is 0.242 e. The molecule has 1 amide bonds. The number of ether oxygens (including phenoxy) is 1. The van der Waals surface area contributed by atoms with Crippen LogP contribution in [0.5, 0.6) is 0 Å². The SMILES string of the molecule is CCNC(=NCC(=O)NC(C)(C)C)NCCCN1CCOCC1. The van der Waals surface area contributed by atoms with Crippen molar-refractivity contribution in [3.63, 3.8) is 0 Å². The van der Waals surface area contributed by atoms with Gasteiger partial charge in [0, 0.05) is 31.7 Å². The molecule has 1 fully saturated rings. The quantitative estimate of drug-likeness (QED) is 0.353. The van der Waals surface area contributed by atoms with Crippen molar-refractivity contribution in [2.24, 2.45) is 4.99 Å². The van der Waals surface area contributed by atoms with Gasteiger partial charge < -0.3 is 20.7 Å². The molecule has 3 N–H and O–H groups in total. The van der Waals surface area contributed by atoms with Crippen molar-refractivity contribution in [1.29, 1.82) is 0 Å². The van der Waals surface area contributed by atoms with E-state index < -0.39 is 0 Å². The molecule has 23 heavy (non-hydrogen) atoms. The van der Waals surface area contributed by atoms with Crippen LogP contribution in [0, 0.1) is 0 Å². The Labute approximate surface area is 140 Å². The first-order chi connectivity index (χ1) is 10.9. The highest BCUT2D eigenvalue weighted by Gasteiger charge is 2.13. The van der Waals surface area contributed by atoms with Crippen LogP contribution in [-0.2, 0) is 9.53 Å². The van der Waals surface area contributed by atoms with E-state index >= 15 is 0 Å². The maximum absolute atomic E-state index is 11.8. The summed E-state index contributed by atoms with van der Waals surface area (Å²) in [5, 5.41) is 9.35. The predicted octanol–water partition coefficient (Wildman–Crippen LogP) is 0.179. The number of aliphatic imine (C=N–C) groups is 1. The predicted molar refractivity (Wildman–Crippen MR) is 93.8 cm³/mol. The largest absolute Gasteiger partial charge is 0.379 e. The molecule has 1 heterocycles. The second-order valence-corrected chi connectivity index (χ2v) is 6.73. The Bertz CT molecular complexity index is 373. The van der Waals surface area contributed by atoms with Crippen molar-refractivity contribution in [2.45, 2.75) is 39.7 Å². The van der Waals surface area contributed by atoms with Gasteiger partial charge in [0.1, 0.15) is 6.54 Å². The van der Waals surface area contributed by atoms with Crippen molar-refractivity contribution in [2.75, 3.05) is 52.5 Å². The molecule has 0 aromatic heterocycles. The molecule has 1 saturated heterocycles. The number of carbonyl (C=O) groups excluding carboxylic acids is 1. The minimum Gasteiger partial charge on any atom is -0.379 e. The molecule has 0 saturated carbocycles. The summed E-state index contributed by atoms with van der Waals surface area (Å²) in [7, 11) is 0. The second-order valence-electron chi connectivity index (χ2n) is 6.73. The summed E-state index contributed by atoms with van der Waals surface area (Å²) in [5.74, 6) is 0.626. The highest BCUT2D eigenvalue weighted by atomic mass is 16.5. The van der Waals surface area contributed by atoms with Crippen LogP contribution in [0.25, 0.3) is 0 Å². The van der Waals surface area contributed by atoms with Crippen LogP contribution in [0.2, 0.25) is 0 Å². The van der Waals surface area contributed by atoms with E-state index in [0.717, 1.165) is 52.4 Å². The van der Waals surface area contributed by atoms with Crippen LogP contribution in [0.1, 0.15) is 34.1 Å². The molecule has 0 spiro atoms. The van der Waals surface area contributed by atoms with E-state index in [4.69, 9.17) is 4.74 Å². The van der Waals surface area contributed by atoms with Crippen LogP contribution in [-0.4, -0.2) is 74.8 Å². The number of guanidine groups is 1. The molecule has 0 radical (unpaired) electrons. The van der Waals surface area contributed by atoms with Gasteiger partial charge in [-0.1, -0.05) is 0 Å². The van der Waals surface area contributed by atoms with Crippen LogP contribution in [0.15, 0.2) is 4.99 Å². The van der Waals surface area contributed by atoms with Gasteiger partial charge in [-0.25, -0.2) is 4.99 Å². The molecule has 0 atom stereocenters. The van der Waals surface area contributed by atoms with E-state index in [9.17, 15) is 4.79 Å². The molecular weight excluding hydrogens is 294 g/mol. The van der Waals surface area contributed by atoms with Crippen molar-refractivity contribution in [3.8, 4) is 0 Å². The van der Waals surface area contributed by atoms with E-state index in [1.807, 2.05) is 27.7 Å². The van der Waals surface area contributed by atoms with Gasteiger partial charge >= 0.3 is 0 Å². The third-order valence-electron chi connectivity index (χ3n) is 3.29. The van der Waals surface area contributed by atoms with Gasteiger partial charge in [0.05, 0.1) is 13.2 Å². The lowest BCUT2D eigenvalue weighted by atomic mass is 10.1. The molecule has 0 unspecified atom stereocenters. The molecule has 1 aliphatic heterocycles. The zero-order valence-corrected chi connectivity index (χ0v) is 15.1. The van der Waals surface area contributed by atoms with Gasteiger partial charge in [0.15, 0.2) is 5.96 Å². The molecule has 1 aliphatic rings. The molecule has 1 rings (SSSR count). The van der Waals surface area contributed by atoms with Gasteiger partial charge in [0.2, 0.25) is 5.91 Å². The van der Waals surface area contributed by atoms with Crippen molar-refractivity contribution in [3.05, 3.63) is 0 Å². The number of morpholine rings is 1. The van der Waals surface area contributed by atoms with Crippen LogP contribution < -0.4 is 16.0 Å². The Hall–Kier alpha value is -1.34. The first-order valence-corrected chi connectivity index (χ1v) is 8.54. The third kappa shape index (κ3) is 10.1. The van der Waals surface area contributed by atoms with E-state index in [1.54, 1.807) is 0 Å². The molecule has 7 heteroatoms. The minimum atomic E-state index is -0.226. The van der Waals surface area contributed by atoms with E-state index in [-0.39, 0.29) is 18.0 Å². The number of hydrogen-bond acceptors (Lipinski definition) is 4. The molecule has 0 aromatic carbocycles. The summed E-state index contributed by atoms with van der Waals surface area (Å²) >= 11 is 0. The van der Waals surface area contributed by atoms with E-state index in [1.165, 1.54) is 0 Å². The Morgan fingerprint density at radius 2 is 1.91 bits per heavy atom. The number of amides is 1. The second kappa shape index (κ2) is 10.4. The highest BCUT2D eigenvalue weighted by molar-refractivity contribution is 5.85. The molecule has 0 aliphatic carbocycles. The lowest BCUT2D eigenvalue weighted by Gasteiger charge is -2.26. The molecule has 0 bridgehead atoms. The van der Waals surface area contributed by atoms with Crippen molar-refractivity contribution < 1.29 is 9.53 Å². The van der Waals surface area contributed by atoms with Crippen molar-refractivity contribution >= 4 is 11.9 Å². The van der Waals surface area contributed by atoms with Gasteiger partial charge in [-0.05, 0) is 40.7 Å². The molecular formula is C16H33N5O2. The standard InChI is InChI=1S/C16H33N5O2/c1-5-17-15(19-13-14(22)20-16(2,3)4)18-7-6-8-21-9-11-23-12-10-21/h5-13H2,1-4H3,(H,20,22)(H2,17,18,19). The van der Waals surface area contributed by atoms with Gasteiger partial charge in [-0.2, -0.15) is 0 Å². The molecule has 0 aromatic rings. The average Bonchev–Trinajstić information content (AvgIpc) is 2.48. The normalized spacial score (nSPS) is 17.0. The minimum absolute atomic E-state index is 0.0666. The van der Waals surface area contributed by atoms with E-state index in [0.29, 0.717) is 5.96 Å². The fourth-order valence-electron chi connectivity index (χ4n) is 2.28. The van der Waals surface area contributed by atoms with Crippen LogP contribution >= 0.6 is 0 Å². The fourth-order valence-corrected chi connectivity index (χ4v) is 2.28. The summed E-state index contributed by atoms with van der Waals surface area (Å²) in [5.41, 5.74) is -0.226. The zero-order valence-electron chi connectivity index (χ0n) is 15.1. The van der Waals surface area contributed by atoms with Crippen molar-refractivity contribution in [1.82, 2.24) is 20.9 Å². The highest BCUT2D eigenvalue weighted by Crippen LogP contribution is 1.98. The number of carbonyl (C=O) groups is 1. The number of nitrogens with one attached hydrogen (secondary N) is 3. The maximum atomic E-state index is 11.8. The van der Waals surface area contributed by atoms with Gasteiger partial charge in [-0.3, -0.25) is 9.69 Å². The van der Waals surface area contributed by atoms with E-state index in [2.05, 4.69) is 25.8 Å². The Kier molecular flexibility index (Phi) is 8.94. The molecule has 134 valence electrons. The van der Waals surface area contributed by atoms with Gasteiger partial charge in [-0.15, -0.1) is 0 Å². The summed E-state index contributed by atoms with van der Waals surface area (Å²) in [6.45, 7) is 14.4. The lowest BCUT2D eigenvalue weighted by molar-refractivity contribution is -0.121. The molecule has 7 nitrogen and oxygen atoms in total. The van der Waals surface area contributed by atoms with Crippen LogP contribution in [0.3, 0.4) is 0 Å². The third-order valence-corrected chi connectivity index (χ3v) is 3.29. The summed E-state index contributed by atoms with van der Waals surface area (Å²) < 4.78 is 5.34. The summed E-state index contributed by atoms with van der Waals surface area (Å²) in [4.78, 5) is 18.6. The Balaban J connectivity index is 2.27. The fraction of sp³-hybridized carbons (Fsp3) is 0.875. The number of nitrogens with zero attached hydrogens (tertiary/aromatic N) is 2. The summed E-state index contributed by atoms with van der Waals surface area (Å²) in [6, 6.07) is 0. The lowest BCUT2D eigenvalue weighted by Crippen LogP contribution is -2.43. The monoisotopic (exact) mass is 327 g/mol. The van der Waals surface area contributed by atoms with Crippen LogP contribution in [0.4, 0.5) is 0 Å². The number of hydrogen-bond donors (Lipinski definition) is 3. The topological polar surface area (TPSA) is 78.0 Å². The number of rotatable bonds is 7. The zero-order chi connectivity index (χ0) is 17.1. The van der Waals surface area contributed by atoms with Gasteiger partial charge in [0.25, 0.3) is 0 Å². The first kappa shape index (κ1) is 19.7. The Morgan fingerprint density at radius 3 is 2.52 bits per heavy atom. The average molecular weight is 327 g/mol. The Morgan fingerprint density at radius 1 is 1.22 bits per heavy atom. The smallest absolute Gasteiger partial charge is 0.242 e.